The van der Waals surface area contributed by atoms with Crippen LogP contribution in [0.3, 0.4) is 0 Å². The molecule has 1 heterocycles. The Bertz CT molecular complexity index is 471. The summed E-state index contributed by atoms with van der Waals surface area (Å²) < 4.78 is 5.26. The first-order valence-corrected chi connectivity index (χ1v) is 5.15. The first-order valence-electron chi connectivity index (χ1n) is 5.15. The average molecular weight is 235 g/mol. The Labute approximate surface area is 98.1 Å². The highest BCUT2D eigenvalue weighted by molar-refractivity contribution is 5.97. The van der Waals surface area contributed by atoms with Crippen molar-refractivity contribution in [2.45, 2.75) is 13.2 Å². The van der Waals surface area contributed by atoms with Crippen molar-refractivity contribution in [1.29, 1.82) is 0 Å². The number of amides is 1. The van der Waals surface area contributed by atoms with Crippen molar-refractivity contribution in [3.63, 3.8) is 0 Å². The van der Waals surface area contributed by atoms with Crippen LogP contribution in [-0.2, 0) is 18.0 Å². The Morgan fingerprint density at radius 3 is 3.00 bits per heavy atom. The zero-order valence-corrected chi connectivity index (χ0v) is 9.14. The van der Waals surface area contributed by atoms with Crippen molar-refractivity contribution >= 4 is 11.7 Å². The number of oxime groups is 1. The topological polar surface area (TPSA) is 96.9 Å². The van der Waals surface area contributed by atoms with Crippen LogP contribution >= 0.6 is 0 Å². The monoisotopic (exact) mass is 235 g/mol. The molecule has 1 amide bonds. The molecule has 6 heteroatoms. The molecule has 0 aliphatic carbocycles. The van der Waals surface area contributed by atoms with Crippen molar-refractivity contribution in [2.24, 2.45) is 10.9 Å². The molecule has 0 atom stereocenters. The fourth-order valence-corrected chi connectivity index (χ4v) is 1.62. The van der Waals surface area contributed by atoms with E-state index in [2.05, 4.69) is 10.5 Å². The van der Waals surface area contributed by atoms with Crippen LogP contribution in [0.25, 0.3) is 0 Å². The lowest BCUT2D eigenvalue weighted by Gasteiger charge is -2.05. The molecule has 17 heavy (non-hydrogen) atoms. The highest BCUT2D eigenvalue weighted by atomic mass is 16.5. The maximum Gasteiger partial charge on any atom is 0.251 e. The first-order chi connectivity index (χ1) is 8.20. The summed E-state index contributed by atoms with van der Waals surface area (Å²) in [6, 6.07) is 5.40. The number of hydrogen-bond donors (Lipinski definition) is 3. The number of carbonyl (C=O) groups is 1. The Morgan fingerprint density at radius 1 is 1.47 bits per heavy atom. The summed E-state index contributed by atoms with van der Waals surface area (Å²) in [6.45, 7) is 1.15. The fourth-order valence-electron chi connectivity index (χ4n) is 1.62. The minimum absolute atomic E-state index is 0.0168. The minimum atomic E-state index is -0.258. The van der Waals surface area contributed by atoms with Gasteiger partial charge in [0.1, 0.15) is 0 Å². The molecular formula is C11H13N3O3. The average Bonchev–Trinajstić information content (AvgIpc) is 2.82. The molecule has 2 rings (SSSR count). The highest BCUT2D eigenvalue weighted by Gasteiger charge is 2.14. The molecule has 0 unspecified atom stereocenters. The Morgan fingerprint density at radius 2 is 2.24 bits per heavy atom. The third-order valence-corrected chi connectivity index (χ3v) is 2.54. The number of nitrogens with one attached hydrogen (secondary N) is 1. The zero-order valence-electron chi connectivity index (χ0n) is 9.14. The van der Waals surface area contributed by atoms with Gasteiger partial charge in [-0.25, -0.2) is 0 Å². The van der Waals surface area contributed by atoms with Crippen LogP contribution in [0.1, 0.15) is 21.5 Å². The van der Waals surface area contributed by atoms with Gasteiger partial charge in [-0.15, -0.1) is 0 Å². The van der Waals surface area contributed by atoms with Crippen LogP contribution in [0.4, 0.5) is 0 Å². The van der Waals surface area contributed by atoms with Gasteiger partial charge in [-0.05, 0) is 23.3 Å². The van der Waals surface area contributed by atoms with Crippen LogP contribution in [0, 0.1) is 0 Å². The second-order valence-corrected chi connectivity index (χ2v) is 3.75. The number of ether oxygens (including phenoxy) is 1. The van der Waals surface area contributed by atoms with Gasteiger partial charge in [0.05, 0.1) is 19.8 Å². The molecule has 0 bridgehead atoms. The number of amidine groups is 1. The van der Waals surface area contributed by atoms with E-state index < -0.39 is 0 Å². The van der Waals surface area contributed by atoms with Crippen molar-refractivity contribution < 1.29 is 14.7 Å². The van der Waals surface area contributed by atoms with Gasteiger partial charge in [0.15, 0.2) is 5.84 Å². The summed E-state index contributed by atoms with van der Waals surface area (Å²) in [5.74, 6) is -0.297. The molecule has 90 valence electrons. The number of hydrogen-bond acceptors (Lipinski definition) is 4. The van der Waals surface area contributed by atoms with E-state index in [1.165, 1.54) is 0 Å². The van der Waals surface area contributed by atoms with Crippen molar-refractivity contribution in [1.82, 2.24) is 5.32 Å². The highest BCUT2D eigenvalue weighted by Crippen LogP contribution is 2.20. The summed E-state index contributed by atoms with van der Waals surface area (Å²) in [4.78, 5) is 11.7. The third-order valence-electron chi connectivity index (χ3n) is 2.54. The quantitative estimate of drug-likeness (QED) is 0.301. The molecule has 1 aromatic carbocycles. The molecule has 1 aromatic rings. The summed E-state index contributed by atoms with van der Waals surface area (Å²) in [6.07, 6.45) is 0. The summed E-state index contributed by atoms with van der Waals surface area (Å²) in [5, 5.41) is 13.7. The van der Waals surface area contributed by atoms with E-state index in [9.17, 15) is 4.79 Å². The number of rotatable bonds is 3. The van der Waals surface area contributed by atoms with Crippen LogP contribution in [-0.4, -0.2) is 23.5 Å². The van der Waals surface area contributed by atoms with Crippen LogP contribution < -0.4 is 11.1 Å². The second-order valence-electron chi connectivity index (χ2n) is 3.75. The summed E-state index contributed by atoms with van der Waals surface area (Å²) >= 11 is 0. The van der Waals surface area contributed by atoms with Crippen molar-refractivity contribution in [3.05, 3.63) is 34.9 Å². The van der Waals surface area contributed by atoms with Gasteiger partial charge in [0.2, 0.25) is 0 Å². The van der Waals surface area contributed by atoms with Crippen molar-refractivity contribution in [3.8, 4) is 0 Å². The van der Waals surface area contributed by atoms with E-state index in [1.807, 2.05) is 6.07 Å². The number of nitrogens with zero attached hydrogens (tertiary/aromatic N) is 1. The van der Waals surface area contributed by atoms with Gasteiger partial charge in [-0.1, -0.05) is 11.2 Å². The first kappa shape index (κ1) is 11.4. The van der Waals surface area contributed by atoms with E-state index in [0.29, 0.717) is 18.8 Å². The number of benzene rings is 1. The number of fused-ring (bicyclic) bond motifs is 1. The maximum absolute atomic E-state index is 11.7. The Balaban J connectivity index is 2.05. The van der Waals surface area contributed by atoms with Gasteiger partial charge in [-0.2, -0.15) is 0 Å². The van der Waals surface area contributed by atoms with Gasteiger partial charge >= 0.3 is 0 Å². The molecule has 1 aliphatic heterocycles. The SMILES string of the molecule is NC(CNC(=O)c1ccc2c(c1)COC2)=NO. The number of nitrogens with two attached hydrogens (primary N) is 1. The normalized spacial score (nSPS) is 14.5. The van der Waals surface area contributed by atoms with Crippen LogP contribution in [0.5, 0.6) is 0 Å². The lowest BCUT2D eigenvalue weighted by Crippen LogP contribution is -2.33. The minimum Gasteiger partial charge on any atom is -0.409 e. The van der Waals surface area contributed by atoms with E-state index in [-0.39, 0.29) is 18.3 Å². The Hall–Kier alpha value is -2.08. The van der Waals surface area contributed by atoms with Crippen LogP contribution in [0.15, 0.2) is 23.4 Å². The molecule has 0 saturated carbocycles. The summed E-state index contributed by atoms with van der Waals surface area (Å²) in [7, 11) is 0. The van der Waals surface area contributed by atoms with E-state index in [1.54, 1.807) is 12.1 Å². The lowest BCUT2D eigenvalue weighted by molar-refractivity contribution is 0.0959. The summed E-state index contributed by atoms with van der Waals surface area (Å²) in [5.41, 5.74) is 7.93. The smallest absolute Gasteiger partial charge is 0.251 e. The third kappa shape index (κ3) is 2.54. The van der Waals surface area contributed by atoms with Gasteiger partial charge in [0.25, 0.3) is 5.91 Å². The molecule has 0 saturated heterocycles. The molecule has 0 aromatic heterocycles. The zero-order chi connectivity index (χ0) is 12.3. The lowest BCUT2D eigenvalue weighted by atomic mass is 10.1. The van der Waals surface area contributed by atoms with Crippen molar-refractivity contribution in [2.75, 3.05) is 6.54 Å². The predicted molar refractivity (Wildman–Crippen MR) is 60.7 cm³/mol. The standard InChI is InChI=1S/C11H13N3O3/c12-10(14-16)4-13-11(15)7-1-2-8-5-17-6-9(8)3-7/h1-3,16H,4-6H2,(H2,12,14)(H,13,15). The molecule has 1 aliphatic rings. The molecule has 4 N–H and O–H groups in total. The molecule has 0 radical (unpaired) electrons. The van der Waals surface area contributed by atoms with Gasteiger partial charge in [-0.3, -0.25) is 4.79 Å². The van der Waals surface area contributed by atoms with Crippen LogP contribution in [0.2, 0.25) is 0 Å². The Kier molecular flexibility index (Phi) is 3.24. The largest absolute Gasteiger partial charge is 0.409 e. The fraction of sp³-hybridized carbons (Fsp3) is 0.273. The number of carbonyl (C=O) groups excluding carboxylic acids is 1. The van der Waals surface area contributed by atoms with E-state index in [4.69, 9.17) is 15.7 Å². The second kappa shape index (κ2) is 4.84. The molecule has 6 nitrogen and oxygen atoms in total. The predicted octanol–water partition coefficient (Wildman–Crippen LogP) is 0.193. The van der Waals surface area contributed by atoms with Gasteiger partial charge in [0, 0.05) is 5.56 Å². The molecule has 0 spiro atoms. The molecular weight excluding hydrogens is 222 g/mol. The molecule has 0 fully saturated rings. The van der Waals surface area contributed by atoms with E-state index >= 15 is 0 Å². The maximum atomic E-state index is 11.7. The van der Waals surface area contributed by atoms with E-state index in [0.717, 1.165) is 11.1 Å². The van der Waals surface area contributed by atoms with Gasteiger partial charge < -0.3 is 21.0 Å².